The number of benzene rings is 1. The summed E-state index contributed by atoms with van der Waals surface area (Å²) in [5.74, 6) is 4.63. The molecule has 1 rings (SSSR count). The Morgan fingerprint density at radius 2 is 2.06 bits per heavy atom. The van der Waals surface area contributed by atoms with Gasteiger partial charge in [0.2, 0.25) is 0 Å². The van der Waals surface area contributed by atoms with Crippen LogP contribution in [0.4, 0.5) is 5.69 Å². The molecule has 0 amide bonds. The first kappa shape index (κ1) is 13.4. The highest BCUT2D eigenvalue weighted by Crippen LogP contribution is 2.22. The van der Waals surface area contributed by atoms with Gasteiger partial charge in [-0.25, -0.2) is 8.42 Å². The van der Waals surface area contributed by atoms with Gasteiger partial charge in [0.15, 0.2) is 0 Å². The Morgan fingerprint density at radius 1 is 1.41 bits per heavy atom. The topological polar surface area (TPSA) is 97.5 Å². The van der Waals surface area contributed by atoms with Crippen molar-refractivity contribution in [1.82, 2.24) is 0 Å². The number of nitro groups is 1. The van der Waals surface area contributed by atoms with Gasteiger partial charge in [-0.3, -0.25) is 10.1 Å². The third kappa shape index (κ3) is 3.71. The molecular formula is C9H6ClNO5S. The van der Waals surface area contributed by atoms with Crippen LogP contribution in [0.25, 0.3) is 0 Å². The molecule has 1 N–H and O–H groups in total. The van der Waals surface area contributed by atoms with Crippen LogP contribution >= 0.6 is 10.7 Å². The Morgan fingerprint density at radius 3 is 2.53 bits per heavy atom. The first-order valence-corrected chi connectivity index (χ1v) is 6.49. The number of halogens is 1. The lowest BCUT2D eigenvalue weighted by Gasteiger charge is -1.98. The zero-order valence-electron chi connectivity index (χ0n) is 8.25. The van der Waals surface area contributed by atoms with Crippen LogP contribution in [-0.4, -0.2) is 25.1 Å². The number of nitrogens with zero attached hydrogens (tertiary/aromatic N) is 1. The minimum absolute atomic E-state index is 0.0903. The van der Waals surface area contributed by atoms with Crippen molar-refractivity contribution in [3.8, 4) is 11.8 Å². The van der Waals surface area contributed by atoms with Crippen LogP contribution in [0.3, 0.4) is 0 Å². The second-order valence-corrected chi connectivity index (χ2v) is 5.44. The van der Waals surface area contributed by atoms with Crippen LogP contribution in [0.2, 0.25) is 0 Å². The fraction of sp³-hybridized carbons (Fsp3) is 0.111. The van der Waals surface area contributed by atoms with Gasteiger partial charge in [0.05, 0.1) is 9.82 Å². The Labute approximate surface area is 101 Å². The number of rotatable bonds is 2. The Hall–Kier alpha value is -1.62. The molecule has 0 saturated carbocycles. The van der Waals surface area contributed by atoms with Gasteiger partial charge >= 0.3 is 0 Å². The van der Waals surface area contributed by atoms with Gasteiger partial charge in [-0.15, -0.1) is 0 Å². The third-order valence-corrected chi connectivity index (χ3v) is 3.03. The zero-order valence-corrected chi connectivity index (χ0v) is 9.83. The quantitative estimate of drug-likeness (QED) is 0.374. The highest BCUT2D eigenvalue weighted by atomic mass is 35.7. The standard InChI is InChI=1S/C9H6ClNO5S/c10-17(15,16)9-5-7(2-1-3-12)4-8(6-9)11(13)14/h4-6,12H,3H2. The van der Waals surface area contributed by atoms with Gasteiger partial charge in [-0.1, -0.05) is 11.8 Å². The number of non-ortho nitro benzene ring substituents is 1. The Balaban J connectivity index is 3.44. The molecule has 0 aliphatic rings. The van der Waals surface area contributed by atoms with E-state index in [4.69, 9.17) is 15.8 Å². The zero-order chi connectivity index (χ0) is 13.1. The average Bonchev–Trinajstić information content (AvgIpc) is 2.24. The van der Waals surface area contributed by atoms with Gasteiger partial charge < -0.3 is 5.11 Å². The maximum atomic E-state index is 11.1. The third-order valence-electron chi connectivity index (χ3n) is 1.70. The molecule has 0 radical (unpaired) electrons. The summed E-state index contributed by atoms with van der Waals surface area (Å²) in [6, 6.07) is 3.03. The maximum absolute atomic E-state index is 11.1. The van der Waals surface area contributed by atoms with E-state index in [1.54, 1.807) is 0 Å². The summed E-state index contributed by atoms with van der Waals surface area (Å²) < 4.78 is 22.2. The molecule has 0 saturated heterocycles. The van der Waals surface area contributed by atoms with Crippen LogP contribution in [0, 0.1) is 22.0 Å². The van der Waals surface area contributed by atoms with Crippen LogP contribution in [0.15, 0.2) is 23.1 Å². The van der Waals surface area contributed by atoms with Crippen LogP contribution in [-0.2, 0) is 9.05 Å². The van der Waals surface area contributed by atoms with Crippen molar-refractivity contribution < 1.29 is 18.4 Å². The van der Waals surface area contributed by atoms with E-state index in [0.717, 1.165) is 18.2 Å². The smallest absolute Gasteiger partial charge is 0.272 e. The molecule has 0 spiro atoms. The summed E-state index contributed by atoms with van der Waals surface area (Å²) in [6.45, 7) is -0.439. The number of aliphatic hydroxyl groups is 1. The Bertz CT molecular complexity index is 614. The number of aliphatic hydroxyl groups excluding tert-OH is 1. The van der Waals surface area contributed by atoms with E-state index in [1.807, 2.05) is 0 Å². The molecule has 0 heterocycles. The second kappa shape index (κ2) is 5.14. The highest BCUT2D eigenvalue weighted by molar-refractivity contribution is 8.13. The molecule has 0 unspecified atom stereocenters. The van der Waals surface area contributed by atoms with Crippen molar-refractivity contribution in [2.75, 3.05) is 6.61 Å². The van der Waals surface area contributed by atoms with E-state index in [0.29, 0.717) is 0 Å². The van der Waals surface area contributed by atoms with E-state index in [2.05, 4.69) is 11.8 Å². The second-order valence-electron chi connectivity index (χ2n) is 2.87. The molecule has 0 atom stereocenters. The average molecular weight is 276 g/mol. The van der Waals surface area contributed by atoms with Crippen molar-refractivity contribution in [3.05, 3.63) is 33.9 Å². The first-order chi connectivity index (χ1) is 7.84. The van der Waals surface area contributed by atoms with Crippen molar-refractivity contribution >= 4 is 25.4 Å². The molecule has 1 aromatic rings. The Kier molecular flexibility index (Phi) is 4.07. The molecular weight excluding hydrogens is 270 g/mol. The van der Waals surface area contributed by atoms with Crippen molar-refractivity contribution in [1.29, 1.82) is 0 Å². The highest BCUT2D eigenvalue weighted by Gasteiger charge is 2.16. The molecule has 0 bridgehead atoms. The first-order valence-electron chi connectivity index (χ1n) is 4.18. The minimum Gasteiger partial charge on any atom is -0.384 e. The van der Waals surface area contributed by atoms with Gasteiger partial charge in [0.25, 0.3) is 14.7 Å². The maximum Gasteiger partial charge on any atom is 0.272 e. The van der Waals surface area contributed by atoms with Gasteiger partial charge in [-0.05, 0) is 6.07 Å². The molecule has 0 aromatic heterocycles. The summed E-state index contributed by atoms with van der Waals surface area (Å²) in [7, 11) is 1.02. The van der Waals surface area contributed by atoms with E-state index in [1.165, 1.54) is 0 Å². The van der Waals surface area contributed by atoms with Crippen molar-refractivity contribution in [2.24, 2.45) is 0 Å². The molecule has 0 aliphatic heterocycles. The minimum atomic E-state index is -4.07. The number of nitro benzene ring substituents is 1. The van der Waals surface area contributed by atoms with Crippen LogP contribution < -0.4 is 0 Å². The molecule has 90 valence electrons. The molecule has 0 fully saturated rings. The predicted octanol–water partition coefficient (Wildman–Crippen LogP) is 0.866. The number of hydrogen-bond donors (Lipinski definition) is 1. The van der Waals surface area contributed by atoms with Crippen LogP contribution in [0.1, 0.15) is 5.56 Å². The molecule has 1 aromatic carbocycles. The van der Waals surface area contributed by atoms with Gasteiger partial charge in [-0.2, -0.15) is 0 Å². The fourth-order valence-electron chi connectivity index (χ4n) is 1.04. The molecule has 17 heavy (non-hydrogen) atoms. The molecule has 8 heteroatoms. The predicted molar refractivity (Wildman–Crippen MR) is 60.1 cm³/mol. The number of hydrogen-bond acceptors (Lipinski definition) is 5. The molecule has 0 aliphatic carbocycles. The fourth-order valence-corrected chi connectivity index (χ4v) is 1.84. The van der Waals surface area contributed by atoms with E-state index >= 15 is 0 Å². The van der Waals surface area contributed by atoms with E-state index in [-0.39, 0.29) is 5.56 Å². The lowest BCUT2D eigenvalue weighted by atomic mass is 10.2. The van der Waals surface area contributed by atoms with Gasteiger partial charge in [0, 0.05) is 28.4 Å². The van der Waals surface area contributed by atoms with Crippen molar-refractivity contribution in [3.63, 3.8) is 0 Å². The van der Waals surface area contributed by atoms with Gasteiger partial charge in [0.1, 0.15) is 6.61 Å². The lowest BCUT2D eigenvalue weighted by molar-refractivity contribution is -0.385. The normalized spacial score (nSPS) is 10.5. The monoisotopic (exact) mass is 275 g/mol. The van der Waals surface area contributed by atoms with E-state index in [9.17, 15) is 18.5 Å². The summed E-state index contributed by atoms with van der Waals surface area (Å²) in [6.07, 6.45) is 0. The summed E-state index contributed by atoms with van der Waals surface area (Å²) in [5.41, 5.74) is -0.346. The lowest BCUT2D eigenvalue weighted by Crippen LogP contribution is -1.96. The molecule has 6 nitrogen and oxygen atoms in total. The summed E-state index contributed by atoms with van der Waals surface area (Å²) in [4.78, 5) is 9.42. The SMILES string of the molecule is O=[N+]([O-])c1cc(C#CCO)cc(S(=O)(=O)Cl)c1. The van der Waals surface area contributed by atoms with E-state index < -0.39 is 31.2 Å². The van der Waals surface area contributed by atoms with Crippen molar-refractivity contribution in [2.45, 2.75) is 4.90 Å². The largest absolute Gasteiger partial charge is 0.384 e. The summed E-state index contributed by atoms with van der Waals surface area (Å²) in [5, 5.41) is 19.1. The summed E-state index contributed by atoms with van der Waals surface area (Å²) >= 11 is 0. The van der Waals surface area contributed by atoms with Crippen LogP contribution in [0.5, 0.6) is 0 Å².